The Morgan fingerprint density at radius 1 is 0.327 bits per heavy atom. The fourth-order valence-electron chi connectivity index (χ4n) is 9.94. The predicted molar refractivity (Wildman–Crippen MR) is 218 cm³/mol. The minimum absolute atomic E-state index is 0.391. The van der Waals surface area contributed by atoms with Gasteiger partial charge in [0.2, 0.25) is 0 Å². The van der Waals surface area contributed by atoms with Gasteiger partial charge in [0, 0.05) is 16.5 Å². The van der Waals surface area contributed by atoms with Gasteiger partial charge in [-0.25, -0.2) is 0 Å². The van der Waals surface area contributed by atoms with Gasteiger partial charge in [-0.2, -0.15) is 0 Å². The second-order valence-electron chi connectivity index (χ2n) is 14.4. The van der Waals surface area contributed by atoms with Crippen molar-refractivity contribution in [2.24, 2.45) is 0 Å². The zero-order valence-electron chi connectivity index (χ0n) is 28.3. The number of fused-ring (bicyclic) bond motifs is 15. The molecule has 10 aromatic rings. The zero-order valence-corrected chi connectivity index (χ0v) is 28.3. The summed E-state index contributed by atoms with van der Waals surface area (Å²) < 4.78 is 2.47. The molecule has 0 fully saturated rings. The Morgan fingerprint density at radius 2 is 0.846 bits per heavy atom. The summed E-state index contributed by atoms with van der Waals surface area (Å²) in [5.74, 6) is 0. The van der Waals surface area contributed by atoms with Crippen molar-refractivity contribution in [2.45, 2.75) is 5.41 Å². The van der Waals surface area contributed by atoms with Crippen LogP contribution in [0.15, 0.2) is 188 Å². The summed E-state index contributed by atoms with van der Waals surface area (Å²) in [4.78, 5) is 0. The standard InChI is InChI=1S/C51H31N/c1-2-16-35(17-3-1)52-48-27-26-34(50-36-18-6-4-14-32(36)28-33-15-5-7-19-37(33)50)29-42(48)43-30-47-41(31-49(43)52)40-22-10-13-25-46(40)51(47)44-23-11-8-20-38(44)39-21-9-12-24-45(39)51/h1-31H. The monoisotopic (exact) mass is 657 g/mol. The van der Waals surface area contributed by atoms with E-state index in [-0.39, 0.29) is 0 Å². The summed E-state index contributed by atoms with van der Waals surface area (Å²) in [7, 11) is 0. The molecule has 1 heterocycles. The van der Waals surface area contributed by atoms with Crippen LogP contribution in [0.25, 0.3) is 82.4 Å². The van der Waals surface area contributed by atoms with E-state index in [2.05, 4.69) is 193 Å². The minimum Gasteiger partial charge on any atom is -0.309 e. The maximum absolute atomic E-state index is 2.55. The molecule has 1 spiro atoms. The van der Waals surface area contributed by atoms with Crippen molar-refractivity contribution in [3.8, 4) is 39.1 Å². The fraction of sp³-hybridized carbons (Fsp3) is 0.0196. The molecule has 0 aliphatic heterocycles. The van der Waals surface area contributed by atoms with Crippen LogP contribution in [0.2, 0.25) is 0 Å². The molecular weight excluding hydrogens is 627 g/mol. The highest BCUT2D eigenvalue weighted by Crippen LogP contribution is 2.63. The summed E-state index contributed by atoms with van der Waals surface area (Å²) >= 11 is 0. The predicted octanol–water partition coefficient (Wildman–Crippen LogP) is 13.1. The van der Waals surface area contributed by atoms with Crippen LogP contribution in [-0.4, -0.2) is 4.57 Å². The summed E-state index contributed by atoms with van der Waals surface area (Å²) in [5, 5.41) is 7.63. The molecule has 0 amide bonds. The Bertz CT molecular complexity index is 3030. The second kappa shape index (κ2) is 10.2. The van der Waals surface area contributed by atoms with E-state index in [9.17, 15) is 0 Å². The summed E-state index contributed by atoms with van der Waals surface area (Å²) in [5.41, 5.74) is 16.5. The van der Waals surface area contributed by atoms with Crippen molar-refractivity contribution in [1.82, 2.24) is 4.57 Å². The van der Waals surface area contributed by atoms with Crippen molar-refractivity contribution in [3.63, 3.8) is 0 Å². The molecule has 0 radical (unpaired) electrons. The Hall–Kier alpha value is -6.70. The molecule has 0 bridgehead atoms. The number of benzene rings is 9. The van der Waals surface area contributed by atoms with Crippen LogP contribution >= 0.6 is 0 Å². The number of nitrogens with zero attached hydrogens (tertiary/aromatic N) is 1. The van der Waals surface area contributed by atoms with Gasteiger partial charge in [0.05, 0.1) is 16.4 Å². The molecule has 2 aliphatic rings. The average molecular weight is 658 g/mol. The first-order valence-corrected chi connectivity index (χ1v) is 18.2. The van der Waals surface area contributed by atoms with E-state index in [0.29, 0.717) is 0 Å². The molecule has 12 rings (SSSR count). The quantitative estimate of drug-likeness (QED) is 0.163. The SMILES string of the molecule is c1ccc(-n2c3ccc(-c4c5ccccc5cc5ccccc45)cc3c3cc4c(cc32)-c2ccccc2C42c3ccccc3-c3ccccc32)cc1. The van der Waals surface area contributed by atoms with E-state index >= 15 is 0 Å². The van der Waals surface area contributed by atoms with Crippen LogP contribution < -0.4 is 0 Å². The van der Waals surface area contributed by atoms with Crippen molar-refractivity contribution >= 4 is 43.4 Å². The summed E-state index contributed by atoms with van der Waals surface area (Å²) in [6, 6.07) is 70.3. The second-order valence-corrected chi connectivity index (χ2v) is 14.4. The first kappa shape index (κ1) is 28.0. The highest BCUT2D eigenvalue weighted by molar-refractivity contribution is 6.17. The first-order chi connectivity index (χ1) is 25.8. The Labute approximate surface area is 301 Å². The van der Waals surface area contributed by atoms with E-state index in [1.54, 1.807) is 0 Å². The Morgan fingerprint density at radius 3 is 1.48 bits per heavy atom. The lowest BCUT2D eigenvalue weighted by molar-refractivity contribution is 0.795. The van der Waals surface area contributed by atoms with Crippen LogP contribution in [0.3, 0.4) is 0 Å². The molecule has 9 aromatic carbocycles. The van der Waals surface area contributed by atoms with Crippen LogP contribution in [-0.2, 0) is 5.41 Å². The molecule has 2 aliphatic carbocycles. The van der Waals surface area contributed by atoms with Crippen molar-refractivity contribution in [1.29, 1.82) is 0 Å². The van der Waals surface area contributed by atoms with Gasteiger partial charge in [0.15, 0.2) is 0 Å². The maximum Gasteiger partial charge on any atom is 0.0725 e. The van der Waals surface area contributed by atoms with Crippen LogP contribution in [0.1, 0.15) is 22.3 Å². The third-order valence-corrected chi connectivity index (χ3v) is 12.0. The molecule has 1 aromatic heterocycles. The molecule has 1 heteroatoms. The van der Waals surface area contributed by atoms with Crippen LogP contribution in [0.5, 0.6) is 0 Å². The molecule has 0 N–H and O–H groups in total. The summed E-state index contributed by atoms with van der Waals surface area (Å²) in [6.45, 7) is 0. The third-order valence-electron chi connectivity index (χ3n) is 12.0. The molecule has 1 nitrogen and oxygen atoms in total. The molecule has 0 saturated carbocycles. The maximum atomic E-state index is 2.55. The molecule has 0 saturated heterocycles. The molecule has 52 heavy (non-hydrogen) atoms. The minimum atomic E-state index is -0.391. The number of para-hydroxylation sites is 1. The van der Waals surface area contributed by atoms with Crippen molar-refractivity contribution in [2.75, 3.05) is 0 Å². The largest absolute Gasteiger partial charge is 0.309 e. The van der Waals surface area contributed by atoms with E-state index in [1.165, 1.54) is 105 Å². The molecule has 0 unspecified atom stereocenters. The molecule has 0 atom stereocenters. The smallest absolute Gasteiger partial charge is 0.0725 e. The average Bonchev–Trinajstić information content (AvgIpc) is 3.80. The Balaban J connectivity index is 1.24. The van der Waals surface area contributed by atoms with E-state index in [4.69, 9.17) is 0 Å². The lowest BCUT2D eigenvalue weighted by atomic mass is 9.70. The number of aromatic nitrogens is 1. The third kappa shape index (κ3) is 3.48. The number of rotatable bonds is 2. The van der Waals surface area contributed by atoms with Gasteiger partial charge in [0.25, 0.3) is 0 Å². The fourth-order valence-corrected chi connectivity index (χ4v) is 9.94. The zero-order chi connectivity index (χ0) is 34.0. The van der Waals surface area contributed by atoms with Gasteiger partial charge < -0.3 is 4.57 Å². The summed E-state index contributed by atoms with van der Waals surface area (Å²) in [6.07, 6.45) is 0. The van der Waals surface area contributed by atoms with Gasteiger partial charge in [-0.15, -0.1) is 0 Å². The first-order valence-electron chi connectivity index (χ1n) is 18.2. The van der Waals surface area contributed by atoms with Crippen molar-refractivity contribution < 1.29 is 0 Å². The Kier molecular flexibility index (Phi) is 5.49. The normalized spacial score (nSPS) is 13.5. The van der Waals surface area contributed by atoms with Gasteiger partial charge in [-0.05, 0) is 120 Å². The van der Waals surface area contributed by atoms with E-state index in [0.717, 1.165) is 0 Å². The molecular formula is C51H31N. The van der Waals surface area contributed by atoms with Crippen LogP contribution in [0, 0.1) is 0 Å². The molecule has 240 valence electrons. The van der Waals surface area contributed by atoms with Gasteiger partial charge in [0.1, 0.15) is 0 Å². The number of hydrogen-bond acceptors (Lipinski definition) is 0. The van der Waals surface area contributed by atoms with Crippen molar-refractivity contribution in [3.05, 3.63) is 210 Å². The topological polar surface area (TPSA) is 4.93 Å². The van der Waals surface area contributed by atoms with E-state index in [1.807, 2.05) is 0 Å². The van der Waals surface area contributed by atoms with Gasteiger partial charge in [-0.1, -0.05) is 146 Å². The van der Waals surface area contributed by atoms with E-state index < -0.39 is 5.41 Å². The van der Waals surface area contributed by atoms with Gasteiger partial charge >= 0.3 is 0 Å². The number of hydrogen-bond donors (Lipinski definition) is 0. The van der Waals surface area contributed by atoms with Crippen LogP contribution in [0.4, 0.5) is 0 Å². The highest BCUT2D eigenvalue weighted by Gasteiger charge is 2.51. The lowest BCUT2D eigenvalue weighted by Gasteiger charge is -2.30. The van der Waals surface area contributed by atoms with Gasteiger partial charge in [-0.3, -0.25) is 0 Å². The lowest BCUT2D eigenvalue weighted by Crippen LogP contribution is -2.25. The highest BCUT2D eigenvalue weighted by atomic mass is 15.0.